The van der Waals surface area contributed by atoms with Crippen molar-refractivity contribution in [1.29, 1.82) is 0 Å². The topological polar surface area (TPSA) is 81.4 Å². The molecule has 1 aromatic rings. The maximum absolute atomic E-state index is 13.6. The molecule has 1 aliphatic heterocycles. The summed E-state index contributed by atoms with van der Waals surface area (Å²) >= 11 is 0. The van der Waals surface area contributed by atoms with Gasteiger partial charge in [0.1, 0.15) is 5.82 Å². The van der Waals surface area contributed by atoms with Gasteiger partial charge in [-0.2, -0.15) is 0 Å². The van der Waals surface area contributed by atoms with E-state index in [-0.39, 0.29) is 28.3 Å². The molecule has 0 bridgehead atoms. The lowest BCUT2D eigenvalue weighted by molar-refractivity contribution is 0.0173. The molecule has 1 aliphatic rings. The molecule has 3 N–H and O–H groups in total. The largest absolute Gasteiger partial charge is 0.398 e. The zero-order chi connectivity index (χ0) is 14.9. The molecule has 5 nitrogen and oxygen atoms in total. The highest BCUT2D eigenvalue weighted by molar-refractivity contribution is 7.89. The molecule has 1 aromatic carbocycles. The van der Waals surface area contributed by atoms with Crippen molar-refractivity contribution in [1.82, 2.24) is 4.72 Å². The van der Waals surface area contributed by atoms with Crippen molar-refractivity contribution in [3.05, 3.63) is 23.5 Å². The molecule has 20 heavy (non-hydrogen) atoms. The van der Waals surface area contributed by atoms with E-state index in [0.717, 1.165) is 6.07 Å². The number of nitrogens with one attached hydrogen (secondary N) is 1. The molecule has 0 aliphatic carbocycles. The minimum atomic E-state index is -3.77. The van der Waals surface area contributed by atoms with Crippen molar-refractivity contribution in [2.75, 3.05) is 12.3 Å². The molecule has 2 atom stereocenters. The Morgan fingerprint density at radius 2 is 2.15 bits per heavy atom. The van der Waals surface area contributed by atoms with Crippen LogP contribution in [0.5, 0.6) is 0 Å². The highest BCUT2D eigenvalue weighted by Crippen LogP contribution is 2.22. The van der Waals surface area contributed by atoms with Crippen LogP contribution in [0.2, 0.25) is 0 Å². The van der Waals surface area contributed by atoms with Gasteiger partial charge in [0.2, 0.25) is 10.0 Å². The lowest BCUT2D eigenvalue weighted by Gasteiger charge is -2.27. The van der Waals surface area contributed by atoms with E-state index in [2.05, 4.69) is 4.72 Å². The lowest BCUT2D eigenvalue weighted by Crippen LogP contribution is -2.41. The summed E-state index contributed by atoms with van der Waals surface area (Å²) in [6, 6.07) is 2.08. The monoisotopic (exact) mass is 302 g/mol. The fraction of sp³-hybridized carbons (Fsp3) is 0.538. The Hall–Kier alpha value is -1.18. The standard InChI is InChI=1S/C13H19FN2O3S/c1-8-5-10(3-4-19-8)16-20(17,18)11-6-12(14)9(2)13(15)7-11/h6-8,10,16H,3-5,15H2,1-2H3. The smallest absolute Gasteiger partial charge is 0.241 e. The second kappa shape index (κ2) is 5.67. The van der Waals surface area contributed by atoms with E-state index >= 15 is 0 Å². The Kier molecular flexibility index (Phi) is 4.31. The van der Waals surface area contributed by atoms with E-state index in [0.29, 0.717) is 19.4 Å². The van der Waals surface area contributed by atoms with E-state index in [1.165, 1.54) is 13.0 Å². The normalized spacial score (nSPS) is 23.8. The molecule has 2 rings (SSSR count). The van der Waals surface area contributed by atoms with Crippen molar-refractivity contribution in [2.45, 2.75) is 43.7 Å². The van der Waals surface area contributed by atoms with Crippen LogP contribution in [0.15, 0.2) is 17.0 Å². The van der Waals surface area contributed by atoms with Crippen LogP contribution in [-0.4, -0.2) is 27.2 Å². The average Bonchev–Trinajstić information content (AvgIpc) is 2.34. The molecular formula is C13H19FN2O3S. The fourth-order valence-corrected chi connectivity index (χ4v) is 3.55. The molecule has 1 heterocycles. The van der Waals surface area contributed by atoms with Gasteiger partial charge in [0.05, 0.1) is 11.0 Å². The van der Waals surface area contributed by atoms with E-state index in [1.807, 2.05) is 6.92 Å². The summed E-state index contributed by atoms with van der Waals surface area (Å²) in [7, 11) is -3.77. The summed E-state index contributed by atoms with van der Waals surface area (Å²) in [5.41, 5.74) is 6.00. The van der Waals surface area contributed by atoms with Gasteiger partial charge in [-0.3, -0.25) is 0 Å². The highest BCUT2D eigenvalue weighted by Gasteiger charge is 2.26. The van der Waals surface area contributed by atoms with Gasteiger partial charge in [-0.05, 0) is 38.8 Å². The number of nitrogens with two attached hydrogens (primary N) is 1. The molecule has 0 aromatic heterocycles. The molecule has 1 saturated heterocycles. The molecule has 2 unspecified atom stereocenters. The van der Waals surface area contributed by atoms with Gasteiger partial charge in [-0.25, -0.2) is 17.5 Å². The number of hydrogen-bond acceptors (Lipinski definition) is 4. The van der Waals surface area contributed by atoms with Gasteiger partial charge in [0, 0.05) is 23.9 Å². The van der Waals surface area contributed by atoms with Crippen molar-refractivity contribution >= 4 is 15.7 Å². The first-order valence-corrected chi connectivity index (χ1v) is 7.97. The molecule has 112 valence electrons. The third-order valence-electron chi connectivity index (χ3n) is 3.48. The first kappa shape index (κ1) is 15.2. The zero-order valence-electron chi connectivity index (χ0n) is 11.5. The summed E-state index contributed by atoms with van der Waals surface area (Å²) in [4.78, 5) is -0.141. The third-order valence-corrected chi connectivity index (χ3v) is 4.98. The van der Waals surface area contributed by atoms with Gasteiger partial charge in [0.25, 0.3) is 0 Å². The van der Waals surface area contributed by atoms with Crippen molar-refractivity contribution in [3.8, 4) is 0 Å². The van der Waals surface area contributed by atoms with Crippen LogP contribution >= 0.6 is 0 Å². The van der Waals surface area contributed by atoms with Crippen LogP contribution in [-0.2, 0) is 14.8 Å². The summed E-state index contributed by atoms with van der Waals surface area (Å²) in [5, 5.41) is 0. The minimum absolute atomic E-state index is 0.0104. The quantitative estimate of drug-likeness (QED) is 0.830. The molecule has 0 spiro atoms. The highest BCUT2D eigenvalue weighted by atomic mass is 32.2. The van der Waals surface area contributed by atoms with Crippen LogP contribution in [0.3, 0.4) is 0 Å². The summed E-state index contributed by atoms with van der Waals surface area (Å²) in [5.74, 6) is -0.620. The number of sulfonamides is 1. The maximum Gasteiger partial charge on any atom is 0.241 e. The Morgan fingerprint density at radius 1 is 1.45 bits per heavy atom. The average molecular weight is 302 g/mol. The minimum Gasteiger partial charge on any atom is -0.398 e. The van der Waals surface area contributed by atoms with Crippen molar-refractivity contribution in [2.24, 2.45) is 0 Å². The van der Waals surface area contributed by atoms with Gasteiger partial charge < -0.3 is 10.5 Å². The number of ether oxygens (including phenoxy) is 1. The van der Waals surface area contributed by atoms with Crippen molar-refractivity contribution in [3.63, 3.8) is 0 Å². The van der Waals surface area contributed by atoms with Crippen LogP contribution in [0.4, 0.5) is 10.1 Å². The van der Waals surface area contributed by atoms with E-state index in [4.69, 9.17) is 10.5 Å². The van der Waals surface area contributed by atoms with Crippen LogP contribution in [0.25, 0.3) is 0 Å². The number of halogens is 1. The molecule has 1 fully saturated rings. The number of anilines is 1. The zero-order valence-corrected chi connectivity index (χ0v) is 12.3. The number of benzene rings is 1. The first-order chi connectivity index (χ1) is 9.29. The number of rotatable bonds is 3. The summed E-state index contributed by atoms with van der Waals surface area (Å²) in [6.45, 7) is 3.91. The first-order valence-electron chi connectivity index (χ1n) is 6.49. The SMILES string of the molecule is Cc1c(N)cc(S(=O)(=O)NC2CCOC(C)C2)cc1F. The van der Waals surface area contributed by atoms with E-state index in [1.54, 1.807) is 0 Å². The summed E-state index contributed by atoms with van der Waals surface area (Å²) < 4.78 is 46.1. The van der Waals surface area contributed by atoms with Crippen LogP contribution < -0.4 is 10.5 Å². The number of hydrogen-bond donors (Lipinski definition) is 2. The van der Waals surface area contributed by atoms with Gasteiger partial charge in [-0.15, -0.1) is 0 Å². The molecular weight excluding hydrogens is 283 g/mol. The lowest BCUT2D eigenvalue weighted by atomic mass is 10.1. The van der Waals surface area contributed by atoms with Crippen LogP contribution in [0.1, 0.15) is 25.3 Å². The third kappa shape index (κ3) is 3.28. The van der Waals surface area contributed by atoms with Gasteiger partial charge in [-0.1, -0.05) is 0 Å². The molecule has 0 saturated carbocycles. The molecule has 7 heteroatoms. The Labute approximate surface area is 118 Å². The maximum atomic E-state index is 13.6. The molecule has 0 radical (unpaired) electrons. The van der Waals surface area contributed by atoms with Gasteiger partial charge in [0.15, 0.2) is 0 Å². The second-order valence-corrected chi connectivity index (χ2v) is 6.86. The summed E-state index contributed by atoms with van der Waals surface area (Å²) in [6.07, 6.45) is 1.22. The van der Waals surface area contributed by atoms with Crippen molar-refractivity contribution < 1.29 is 17.5 Å². The predicted octanol–water partition coefficient (Wildman–Crippen LogP) is 1.56. The van der Waals surface area contributed by atoms with E-state index < -0.39 is 15.8 Å². The van der Waals surface area contributed by atoms with Crippen LogP contribution in [0, 0.1) is 12.7 Å². The van der Waals surface area contributed by atoms with Gasteiger partial charge >= 0.3 is 0 Å². The Morgan fingerprint density at radius 3 is 2.75 bits per heavy atom. The van der Waals surface area contributed by atoms with E-state index in [9.17, 15) is 12.8 Å². The predicted molar refractivity (Wildman–Crippen MR) is 74.3 cm³/mol. The Balaban J connectivity index is 2.22. The molecule has 0 amide bonds. The Bertz CT molecular complexity index is 581. The fourth-order valence-electron chi connectivity index (χ4n) is 2.22. The number of nitrogen functional groups attached to an aromatic ring is 1. The second-order valence-electron chi connectivity index (χ2n) is 5.14.